The summed E-state index contributed by atoms with van der Waals surface area (Å²) in [6, 6.07) is 18.5. The lowest BCUT2D eigenvalue weighted by molar-refractivity contribution is 1.53. The van der Waals surface area contributed by atoms with Gasteiger partial charge in [0.25, 0.3) is 0 Å². The van der Waals surface area contributed by atoms with Gasteiger partial charge in [0.15, 0.2) is 0 Å². The first-order chi connectivity index (χ1) is 9.83. The molecule has 0 saturated heterocycles. The predicted molar refractivity (Wildman–Crippen MR) is 91.3 cm³/mol. The van der Waals surface area contributed by atoms with Crippen LogP contribution in [-0.4, -0.2) is 0 Å². The van der Waals surface area contributed by atoms with E-state index < -0.39 is 0 Å². The van der Waals surface area contributed by atoms with Crippen molar-refractivity contribution in [3.05, 3.63) is 92.0 Å². The molecule has 0 aliphatic rings. The Kier molecular flexibility index (Phi) is 6.63. The standard InChI is InChI=1S/C17H17N.C2H4/c1-3-14(4-2)15-10-12-17(13-11-15)18-16-8-6-5-7-9-16;1-2/h3-13,18H,1H2,2H3;1-2H2/b14-4+;. The minimum absolute atomic E-state index is 1.09. The molecule has 0 fully saturated rings. The quantitative estimate of drug-likeness (QED) is 0.541. The second-order valence-electron chi connectivity index (χ2n) is 4.02. The molecule has 0 radical (unpaired) electrons. The van der Waals surface area contributed by atoms with Crippen molar-refractivity contribution in [2.45, 2.75) is 6.92 Å². The monoisotopic (exact) mass is 263 g/mol. The molecule has 0 amide bonds. The van der Waals surface area contributed by atoms with Gasteiger partial charge >= 0.3 is 0 Å². The Hall–Kier alpha value is -2.54. The van der Waals surface area contributed by atoms with E-state index in [4.69, 9.17) is 0 Å². The summed E-state index contributed by atoms with van der Waals surface area (Å²) in [5.74, 6) is 0. The lowest BCUT2D eigenvalue weighted by Gasteiger charge is -2.07. The van der Waals surface area contributed by atoms with E-state index in [2.05, 4.69) is 67.5 Å². The van der Waals surface area contributed by atoms with Gasteiger partial charge in [-0.3, -0.25) is 0 Å². The molecule has 1 nitrogen and oxygen atoms in total. The molecule has 0 saturated carbocycles. The van der Waals surface area contributed by atoms with Gasteiger partial charge in [-0.25, -0.2) is 0 Å². The van der Waals surface area contributed by atoms with E-state index >= 15 is 0 Å². The van der Waals surface area contributed by atoms with Crippen molar-refractivity contribution >= 4 is 16.9 Å². The minimum Gasteiger partial charge on any atom is -0.356 e. The summed E-state index contributed by atoms with van der Waals surface area (Å²) in [5.41, 5.74) is 4.53. The van der Waals surface area contributed by atoms with Crippen LogP contribution in [0.3, 0.4) is 0 Å². The molecule has 0 aliphatic heterocycles. The van der Waals surface area contributed by atoms with Crippen molar-refractivity contribution in [2.24, 2.45) is 0 Å². The molecule has 0 unspecified atom stereocenters. The highest BCUT2D eigenvalue weighted by Crippen LogP contribution is 2.20. The smallest absolute Gasteiger partial charge is 0.0384 e. The summed E-state index contributed by atoms with van der Waals surface area (Å²) < 4.78 is 0. The van der Waals surface area contributed by atoms with Gasteiger partial charge < -0.3 is 5.32 Å². The number of hydrogen-bond donors (Lipinski definition) is 1. The van der Waals surface area contributed by atoms with Crippen LogP contribution < -0.4 is 5.32 Å². The molecule has 0 heterocycles. The zero-order valence-corrected chi connectivity index (χ0v) is 12.0. The van der Waals surface area contributed by atoms with Crippen LogP contribution in [0.5, 0.6) is 0 Å². The Morgan fingerprint density at radius 1 is 0.900 bits per heavy atom. The fourth-order valence-corrected chi connectivity index (χ4v) is 1.84. The largest absolute Gasteiger partial charge is 0.356 e. The molecule has 0 spiro atoms. The van der Waals surface area contributed by atoms with Gasteiger partial charge in [-0.15, -0.1) is 13.2 Å². The molecule has 2 aromatic rings. The van der Waals surface area contributed by atoms with Crippen molar-refractivity contribution in [1.82, 2.24) is 0 Å². The van der Waals surface area contributed by atoms with Gasteiger partial charge in [0.1, 0.15) is 0 Å². The molecule has 1 heteroatoms. The van der Waals surface area contributed by atoms with Gasteiger partial charge in [0.05, 0.1) is 0 Å². The summed E-state index contributed by atoms with van der Waals surface area (Å²) in [6.07, 6.45) is 3.94. The van der Waals surface area contributed by atoms with Crippen molar-refractivity contribution in [3.8, 4) is 0 Å². The Bertz CT molecular complexity index is 550. The number of rotatable bonds is 4. The predicted octanol–water partition coefficient (Wildman–Crippen LogP) is 5.82. The molecule has 2 aromatic carbocycles. The Balaban J connectivity index is 0.000000956. The van der Waals surface area contributed by atoms with Crippen LogP contribution >= 0.6 is 0 Å². The third kappa shape index (κ3) is 4.29. The molecule has 0 aliphatic carbocycles. The molecule has 0 aromatic heterocycles. The van der Waals surface area contributed by atoms with Gasteiger partial charge in [-0.05, 0) is 42.3 Å². The molecule has 1 N–H and O–H groups in total. The Morgan fingerprint density at radius 2 is 1.45 bits per heavy atom. The van der Waals surface area contributed by atoms with Crippen LogP contribution in [0.25, 0.3) is 5.57 Å². The van der Waals surface area contributed by atoms with E-state index in [1.165, 1.54) is 5.56 Å². The maximum atomic E-state index is 3.81. The second-order valence-corrected chi connectivity index (χ2v) is 4.02. The molecule has 2 rings (SSSR count). The summed E-state index contributed by atoms with van der Waals surface area (Å²) in [6.45, 7) is 11.8. The first-order valence-electron chi connectivity index (χ1n) is 6.54. The topological polar surface area (TPSA) is 12.0 Å². The molecule has 0 atom stereocenters. The zero-order valence-electron chi connectivity index (χ0n) is 12.0. The summed E-state index contributed by atoms with van der Waals surface area (Å²) in [5, 5.41) is 3.36. The van der Waals surface area contributed by atoms with Gasteiger partial charge in [-0.1, -0.05) is 49.1 Å². The Morgan fingerprint density at radius 3 is 1.95 bits per heavy atom. The SMILES string of the molecule is C=C.C=C/C(=C\C)c1ccc(Nc2ccccc2)cc1. The van der Waals surface area contributed by atoms with Crippen LogP contribution in [0.2, 0.25) is 0 Å². The summed E-state index contributed by atoms with van der Waals surface area (Å²) in [4.78, 5) is 0. The average Bonchev–Trinajstić information content (AvgIpc) is 2.53. The third-order valence-corrected chi connectivity index (χ3v) is 2.81. The van der Waals surface area contributed by atoms with Crippen molar-refractivity contribution < 1.29 is 0 Å². The first-order valence-corrected chi connectivity index (χ1v) is 6.54. The number of allylic oxidation sites excluding steroid dienone is 3. The van der Waals surface area contributed by atoms with Gasteiger partial charge in [0, 0.05) is 11.4 Å². The highest BCUT2D eigenvalue weighted by Gasteiger charge is 1.97. The van der Waals surface area contributed by atoms with Crippen LogP contribution in [0.1, 0.15) is 12.5 Å². The lowest BCUT2D eigenvalue weighted by Crippen LogP contribution is -1.90. The zero-order chi connectivity index (χ0) is 14.8. The summed E-state index contributed by atoms with van der Waals surface area (Å²) in [7, 11) is 0. The molecule has 0 bridgehead atoms. The van der Waals surface area contributed by atoms with Gasteiger partial charge in [-0.2, -0.15) is 0 Å². The van der Waals surface area contributed by atoms with E-state index in [0.717, 1.165) is 16.9 Å². The van der Waals surface area contributed by atoms with Crippen LogP contribution in [0.4, 0.5) is 11.4 Å². The fourth-order valence-electron chi connectivity index (χ4n) is 1.84. The first kappa shape index (κ1) is 15.5. The lowest BCUT2D eigenvalue weighted by atomic mass is 10.1. The van der Waals surface area contributed by atoms with E-state index in [1.54, 1.807) is 0 Å². The minimum atomic E-state index is 1.09. The number of nitrogens with one attached hydrogen (secondary N) is 1. The van der Waals surface area contributed by atoms with E-state index in [1.807, 2.05) is 31.2 Å². The Labute approximate surface area is 122 Å². The highest BCUT2D eigenvalue weighted by molar-refractivity contribution is 5.74. The van der Waals surface area contributed by atoms with E-state index in [-0.39, 0.29) is 0 Å². The van der Waals surface area contributed by atoms with Crippen LogP contribution in [-0.2, 0) is 0 Å². The maximum Gasteiger partial charge on any atom is 0.0384 e. The molecular weight excluding hydrogens is 242 g/mol. The normalized spacial score (nSPS) is 10.2. The molecular formula is C19H21N. The van der Waals surface area contributed by atoms with E-state index in [9.17, 15) is 0 Å². The maximum absolute atomic E-state index is 3.81. The third-order valence-electron chi connectivity index (χ3n) is 2.81. The van der Waals surface area contributed by atoms with Crippen molar-refractivity contribution in [3.63, 3.8) is 0 Å². The fraction of sp³-hybridized carbons (Fsp3) is 0.0526. The highest BCUT2D eigenvalue weighted by atomic mass is 14.9. The number of para-hydroxylation sites is 1. The average molecular weight is 263 g/mol. The number of hydrogen-bond acceptors (Lipinski definition) is 1. The molecule has 20 heavy (non-hydrogen) atoms. The van der Waals surface area contributed by atoms with Crippen molar-refractivity contribution in [1.29, 1.82) is 0 Å². The second kappa shape index (κ2) is 8.54. The van der Waals surface area contributed by atoms with Gasteiger partial charge in [0.2, 0.25) is 0 Å². The van der Waals surface area contributed by atoms with Crippen LogP contribution in [0.15, 0.2) is 86.5 Å². The summed E-state index contributed by atoms with van der Waals surface area (Å²) >= 11 is 0. The van der Waals surface area contributed by atoms with Crippen molar-refractivity contribution in [2.75, 3.05) is 5.32 Å². The van der Waals surface area contributed by atoms with Crippen LogP contribution in [0, 0.1) is 0 Å². The number of anilines is 2. The molecule has 102 valence electrons. The van der Waals surface area contributed by atoms with E-state index in [0.29, 0.717) is 0 Å². The number of benzene rings is 2.